The van der Waals surface area contributed by atoms with E-state index in [4.69, 9.17) is 4.74 Å². The molecule has 0 fully saturated rings. The van der Waals surface area contributed by atoms with Gasteiger partial charge in [-0.05, 0) is 11.6 Å². The molecule has 150 valence electrons. The predicted octanol–water partition coefficient (Wildman–Crippen LogP) is 1.87. The first-order valence-corrected chi connectivity index (χ1v) is 8.63. The molecule has 2 heterocycles. The molecular weight excluding hydrogens is 366 g/mol. The van der Waals surface area contributed by atoms with Crippen LogP contribution in [0.1, 0.15) is 25.0 Å². The number of aromatic nitrogens is 4. The van der Waals surface area contributed by atoms with Crippen LogP contribution in [0.2, 0.25) is 0 Å². The summed E-state index contributed by atoms with van der Waals surface area (Å²) in [6.07, 6.45) is 0.690. The van der Waals surface area contributed by atoms with Crippen molar-refractivity contribution < 1.29 is 19.4 Å². The van der Waals surface area contributed by atoms with Crippen molar-refractivity contribution in [3.8, 4) is 5.75 Å². The van der Waals surface area contributed by atoms with E-state index in [1.54, 1.807) is 18.2 Å². The zero-order valence-corrected chi connectivity index (χ0v) is 16.1. The summed E-state index contributed by atoms with van der Waals surface area (Å²) in [6, 6.07) is 5.29. The van der Waals surface area contributed by atoms with E-state index < -0.39 is 11.7 Å². The molecule has 0 saturated carbocycles. The number of carbonyl (C=O) groups excluding carboxylic acids is 1. The summed E-state index contributed by atoms with van der Waals surface area (Å²) in [5.41, 5.74) is 1.63. The fraction of sp³-hybridized carbons (Fsp3) is 0.333. The number of methoxy groups -OCH3 is 2. The number of hydrogen-bond donors (Lipinski definition) is 3. The number of carbonyl (C=O) groups is 1. The summed E-state index contributed by atoms with van der Waals surface area (Å²) in [7, 11) is 2.74. The third-order valence-electron chi connectivity index (χ3n) is 3.76. The number of H-pyrrole nitrogens is 1. The number of amides is 1. The Morgan fingerprint density at radius 3 is 2.71 bits per heavy atom. The Morgan fingerprint density at radius 1 is 1.32 bits per heavy atom. The quantitative estimate of drug-likeness (QED) is 0.607. The molecule has 0 saturated heterocycles. The number of hydrogen-bond acceptors (Lipinski definition) is 7. The van der Waals surface area contributed by atoms with Crippen LogP contribution >= 0.6 is 0 Å². The summed E-state index contributed by atoms with van der Waals surface area (Å²) in [4.78, 5) is 30.2. The molecule has 0 bridgehead atoms. The number of aliphatic hydroxyl groups is 1. The number of rotatable bonds is 5. The lowest BCUT2D eigenvalue weighted by Gasteiger charge is -2.10. The van der Waals surface area contributed by atoms with Crippen molar-refractivity contribution in [1.29, 1.82) is 0 Å². The minimum absolute atomic E-state index is 0.0289. The van der Waals surface area contributed by atoms with Gasteiger partial charge in [0, 0.05) is 5.56 Å². The maximum atomic E-state index is 12.4. The molecule has 0 atom stereocenters. The largest absolute Gasteiger partial charge is 0.496 e. The van der Waals surface area contributed by atoms with Crippen molar-refractivity contribution in [3.63, 3.8) is 0 Å². The van der Waals surface area contributed by atoms with Crippen LogP contribution in [0.15, 0.2) is 29.2 Å². The maximum absolute atomic E-state index is 12.4. The molecule has 28 heavy (non-hydrogen) atoms. The Bertz CT molecular complexity index is 1010. The third-order valence-corrected chi connectivity index (χ3v) is 3.76. The van der Waals surface area contributed by atoms with Crippen molar-refractivity contribution in [2.45, 2.75) is 27.0 Å². The average Bonchev–Trinajstić information content (AvgIpc) is 3.12. The van der Waals surface area contributed by atoms with Gasteiger partial charge in [0.25, 0.3) is 5.56 Å². The highest BCUT2D eigenvalue weighted by Gasteiger charge is 2.14. The SMILES string of the molecule is CC.COC(=O)Nc1nc2cnn(Cc3ccc(CO)cc3OC)c2c(=O)[nH]1. The van der Waals surface area contributed by atoms with E-state index >= 15 is 0 Å². The smallest absolute Gasteiger partial charge is 0.413 e. The molecule has 2 aromatic heterocycles. The van der Waals surface area contributed by atoms with Crippen molar-refractivity contribution in [3.05, 3.63) is 45.9 Å². The van der Waals surface area contributed by atoms with Gasteiger partial charge in [0.1, 0.15) is 11.3 Å². The Hall–Kier alpha value is -3.40. The molecule has 1 aromatic carbocycles. The van der Waals surface area contributed by atoms with Crippen molar-refractivity contribution >= 4 is 23.1 Å². The van der Waals surface area contributed by atoms with Gasteiger partial charge in [0.2, 0.25) is 5.95 Å². The summed E-state index contributed by atoms with van der Waals surface area (Å²) in [5.74, 6) is 0.548. The highest BCUT2D eigenvalue weighted by molar-refractivity contribution is 5.84. The average molecular weight is 389 g/mol. The molecule has 10 heteroatoms. The van der Waals surface area contributed by atoms with E-state index in [0.717, 1.165) is 5.56 Å². The van der Waals surface area contributed by atoms with Crippen LogP contribution in [0.5, 0.6) is 5.75 Å². The van der Waals surface area contributed by atoms with Gasteiger partial charge in [0.15, 0.2) is 5.52 Å². The minimum atomic E-state index is -0.742. The highest BCUT2D eigenvalue weighted by Crippen LogP contribution is 2.22. The number of aromatic amines is 1. The Morgan fingerprint density at radius 2 is 2.07 bits per heavy atom. The van der Waals surface area contributed by atoms with Gasteiger partial charge >= 0.3 is 6.09 Å². The molecule has 1 amide bonds. The maximum Gasteiger partial charge on any atom is 0.413 e. The van der Waals surface area contributed by atoms with Crippen LogP contribution in [-0.4, -0.2) is 45.2 Å². The molecule has 0 aliphatic rings. The van der Waals surface area contributed by atoms with E-state index in [-0.39, 0.29) is 24.6 Å². The van der Waals surface area contributed by atoms with E-state index in [9.17, 15) is 14.7 Å². The van der Waals surface area contributed by atoms with Crippen molar-refractivity contribution in [1.82, 2.24) is 19.7 Å². The first-order chi connectivity index (χ1) is 13.5. The molecule has 3 aromatic rings. The van der Waals surface area contributed by atoms with Crippen LogP contribution in [0.3, 0.4) is 0 Å². The van der Waals surface area contributed by atoms with Gasteiger partial charge in [-0.1, -0.05) is 26.0 Å². The molecular formula is C18H23N5O5. The van der Waals surface area contributed by atoms with Gasteiger partial charge in [-0.15, -0.1) is 0 Å². The molecule has 0 aliphatic heterocycles. The normalized spacial score (nSPS) is 10.2. The summed E-state index contributed by atoms with van der Waals surface area (Å²) >= 11 is 0. The lowest BCUT2D eigenvalue weighted by atomic mass is 10.1. The van der Waals surface area contributed by atoms with Gasteiger partial charge in [0.05, 0.1) is 33.6 Å². The van der Waals surface area contributed by atoms with Crippen molar-refractivity contribution in [2.24, 2.45) is 0 Å². The standard InChI is InChI=1S/C16H17N5O5.C2H6/c1-25-12-5-9(8-22)3-4-10(12)7-21-13-11(6-17-21)18-15(19-14(13)23)20-16(24)26-2;1-2/h3-6,22H,7-8H2,1-2H3,(H2,18,19,20,23,24);1-2H3. The number of nitrogens with one attached hydrogen (secondary N) is 2. The fourth-order valence-corrected chi connectivity index (χ4v) is 2.51. The monoisotopic (exact) mass is 389 g/mol. The molecule has 0 radical (unpaired) electrons. The first-order valence-electron chi connectivity index (χ1n) is 8.63. The Kier molecular flexibility index (Phi) is 7.10. The van der Waals surface area contributed by atoms with E-state index in [1.807, 2.05) is 13.8 Å². The molecule has 0 aliphatic carbocycles. The summed E-state index contributed by atoms with van der Waals surface area (Å²) in [5, 5.41) is 15.7. The second kappa shape index (κ2) is 9.51. The van der Waals surface area contributed by atoms with E-state index in [1.165, 1.54) is 25.1 Å². The second-order valence-corrected chi connectivity index (χ2v) is 5.37. The number of nitrogens with zero attached hydrogens (tertiary/aromatic N) is 3. The topological polar surface area (TPSA) is 131 Å². The van der Waals surface area contributed by atoms with Gasteiger partial charge in [-0.3, -0.25) is 19.8 Å². The first kappa shape index (κ1) is 20.9. The zero-order chi connectivity index (χ0) is 20.7. The number of anilines is 1. The number of ether oxygens (including phenoxy) is 2. The van der Waals surface area contributed by atoms with Crippen molar-refractivity contribution in [2.75, 3.05) is 19.5 Å². The number of fused-ring (bicyclic) bond motifs is 1. The van der Waals surface area contributed by atoms with Gasteiger partial charge in [-0.25, -0.2) is 9.78 Å². The van der Waals surface area contributed by atoms with Crippen LogP contribution in [0.4, 0.5) is 10.7 Å². The molecule has 0 spiro atoms. The fourth-order valence-electron chi connectivity index (χ4n) is 2.51. The summed E-state index contributed by atoms with van der Waals surface area (Å²) in [6.45, 7) is 4.17. The third kappa shape index (κ3) is 4.46. The highest BCUT2D eigenvalue weighted by atomic mass is 16.5. The van der Waals surface area contributed by atoms with Crippen LogP contribution in [0.25, 0.3) is 11.0 Å². The molecule has 0 unspecified atom stereocenters. The van der Waals surface area contributed by atoms with E-state index in [0.29, 0.717) is 16.8 Å². The molecule has 3 rings (SSSR count). The lowest BCUT2D eigenvalue weighted by Crippen LogP contribution is -2.19. The second-order valence-electron chi connectivity index (χ2n) is 5.37. The Balaban J connectivity index is 0.00000136. The summed E-state index contributed by atoms with van der Waals surface area (Å²) < 4.78 is 11.3. The number of benzene rings is 1. The van der Waals surface area contributed by atoms with Crippen LogP contribution < -0.4 is 15.6 Å². The molecule has 3 N–H and O–H groups in total. The zero-order valence-electron chi connectivity index (χ0n) is 16.1. The number of aliphatic hydroxyl groups excluding tert-OH is 1. The lowest BCUT2D eigenvalue weighted by molar-refractivity contribution is 0.186. The minimum Gasteiger partial charge on any atom is -0.496 e. The van der Waals surface area contributed by atoms with Crippen LogP contribution in [0, 0.1) is 0 Å². The van der Waals surface area contributed by atoms with E-state index in [2.05, 4.69) is 25.1 Å². The Labute approximate surface area is 161 Å². The predicted molar refractivity (Wildman–Crippen MR) is 104 cm³/mol. The van der Waals surface area contributed by atoms with Gasteiger partial charge < -0.3 is 14.6 Å². The van der Waals surface area contributed by atoms with Gasteiger partial charge in [-0.2, -0.15) is 5.10 Å². The van der Waals surface area contributed by atoms with Crippen LogP contribution in [-0.2, 0) is 17.9 Å². The molecule has 10 nitrogen and oxygen atoms in total.